The second-order valence-corrected chi connectivity index (χ2v) is 6.38. The number of likely N-dealkylation sites (tertiary alicyclic amines) is 1. The lowest BCUT2D eigenvalue weighted by molar-refractivity contribution is 0.0733. The molecule has 4 rings (SSSR count). The molecule has 0 radical (unpaired) electrons. The highest BCUT2D eigenvalue weighted by Crippen LogP contribution is 2.33. The fraction of sp³-hybridized carbons (Fsp3) is 0.316. The van der Waals surface area contributed by atoms with Crippen molar-refractivity contribution < 1.29 is 4.79 Å². The molecule has 0 N–H and O–H groups in total. The number of carbonyl (C=O) groups excluding carboxylic acids is 1. The van der Waals surface area contributed by atoms with Crippen molar-refractivity contribution >= 4 is 11.6 Å². The van der Waals surface area contributed by atoms with Gasteiger partial charge in [0, 0.05) is 18.8 Å². The number of fused-ring (bicyclic) bond motifs is 1. The minimum atomic E-state index is 0.0430. The summed E-state index contributed by atoms with van der Waals surface area (Å²) in [5.41, 5.74) is 4.36. The van der Waals surface area contributed by atoms with Crippen molar-refractivity contribution in [2.24, 2.45) is 0 Å². The first-order valence-corrected chi connectivity index (χ1v) is 8.33. The van der Waals surface area contributed by atoms with E-state index in [1.54, 1.807) is 10.7 Å². The van der Waals surface area contributed by atoms with E-state index in [4.69, 9.17) is 0 Å². The van der Waals surface area contributed by atoms with Crippen LogP contribution in [-0.2, 0) is 0 Å². The highest BCUT2D eigenvalue weighted by atomic mass is 16.2. The van der Waals surface area contributed by atoms with E-state index in [1.165, 1.54) is 5.56 Å². The topological polar surface area (TPSA) is 50.5 Å². The van der Waals surface area contributed by atoms with E-state index in [2.05, 4.69) is 22.2 Å². The fourth-order valence-corrected chi connectivity index (χ4v) is 3.56. The Kier molecular flexibility index (Phi) is 3.56. The van der Waals surface area contributed by atoms with Crippen molar-refractivity contribution in [3.05, 3.63) is 65.1 Å². The Morgan fingerprint density at radius 3 is 2.79 bits per heavy atom. The fourth-order valence-electron chi connectivity index (χ4n) is 3.56. The predicted octanol–water partition coefficient (Wildman–Crippen LogP) is 3.32. The first-order chi connectivity index (χ1) is 11.6. The van der Waals surface area contributed by atoms with Gasteiger partial charge in [-0.1, -0.05) is 30.3 Å². The Bertz CT molecular complexity index is 900. The third-order valence-corrected chi connectivity index (χ3v) is 4.77. The van der Waals surface area contributed by atoms with Crippen LogP contribution in [0.4, 0.5) is 0 Å². The Hall–Kier alpha value is -2.69. The van der Waals surface area contributed by atoms with Crippen LogP contribution in [0.15, 0.2) is 42.6 Å². The van der Waals surface area contributed by atoms with Gasteiger partial charge in [-0.2, -0.15) is 5.10 Å². The van der Waals surface area contributed by atoms with E-state index >= 15 is 0 Å². The van der Waals surface area contributed by atoms with Crippen LogP contribution in [0.25, 0.3) is 5.65 Å². The van der Waals surface area contributed by atoms with Crippen LogP contribution in [-0.4, -0.2) is 31.9 Å². The number of hydrogen-bond donors (Lipinski definition) is 0. The molecule has 1 aromatic carbocycles. The molecule has 1 fully saturated rings. The molecule has 5 heteroatoms. The van der Waals surface area contributed by atoms with Gasteiger partial charge in [0.2, 0.25) is 0 Å². The Balaban J connectivity index is 1.71. The third-order valence-electron chi connectivity index (χ3n) is 4.77. The monoisotopic (exact) mass is 320 g/mol. The third kappa shape index (κ3) is 2.37. The van der Waals surface area contributed by atoms with Gasteiger partial charge in [0.05, 0.1) is 23.0 Å². The summed E-state index contributed by atoms with van der Waals surface area (Å²) < 4.78 is 1.76. The van der Waals surface area contributed by atoms with Crippen LogP contribution < -0.4 is 0 Å². The number of nitrogens with zero attached hydrogens (tertiary/aromatic N) is 4. The summed E-state index contributed by atoms with van der Waals surface area (Å²) in [6, 6.07) is 12.3. The molecule has 0 spiro atoms. The number of hydrogen-bond acceptors (Lipinski definition) is 3. The van der Waals surface area contributed by atoms with Gasteiger partial charge in [-0.3, -0.25) is 4.79 Å². The van der Waals surface area contributed by atoms with E-state index in [0.717, 1.165) is 36.4 Å². The zero-order valence-electron chi connectivity index (χ0n) is 13.9. The highest BCUT2D eigenvalue weighted by Gasteiger charge is 2.31. The first kappa shape index (κ1) is 14.9. The smallest absolute Gasteiger partial charge is 0.257 e. The Labute approximate surface area is 140 Å². The zero-order valence-corrected chi connectivity index (χ0v) is 13.9. The van der Waals surface area contributed by atoms with Crippen LogP contribution in [0.1, 0.15) is 46.2 Å². The molecule has 2 aromatic heterocycles. The molecule has 24 heavy (non-hydrogen) atoms. The van der Waals surface area contributed by atoms with Gasteiger partial charge in [0.15, 0.2) is 5.65 Å². The molecule has 1 amide bonds. The average molecular weight is 320 g/mol. The summed E-state index contributed by atoms with van der Waals surface area (Å²) >= 11 is 0. The molecule has 0 saturated carbocycles. The van der Waals surface area contributed by atoms with Crippen molar-refractivity contribution in [2.75, 3.05) is 6.54 Å². The van der Waals surface area contributed by atoms with Gasteiger partial charge >= 0.3 is 0 Å². The van der Waals surface area contributed by atoms with Crippen molar-refractivity contribution in [2.45, 2.75) is 32.7 Å². The number of rotatable bonds is 2. The van der Waals surface area contributed by atoms with Gasteiger partial charge in [-0.25, -0.2) is 9.50 Å². The molecule has 1 saturated heterocycles. The minimum absolute atomic E-state index is 0.0430. The number of carbonyl (C=O) groups is 1. The molecular formula is C19H20N4O. The maximum atomic E-state index is 13.1. The van der Waals surface area contributed by atoms with Crippen molar-refractivity contribution in [3.63, 3.8) is 0 Å². The van der Waals surface area contributed by atoms with Gasteiger partial charge < -0.3 is 4.90 Å². The molecule has 122 valence electrons. The molecule has 5 nitrogen and oxygen atoms in total. The van der Waals surface area contributed by atoms with Gasteiger partial charge in [0.1, 0.15) is 0 Å². The maximum absolute atomic E-state index is 13.1. The Morgan fingerprint density at radius 1 is 1.21 bits per heavy atom. The lowest BCUT2D eigenvalue weighted by atomic mass is 10.0. The van der Waals surface area contributed by atoms with Gasteiger partial charge in [0.25, 0.3) is 5.91 Å². The number of benzene rings is 1. The van der Waals surface area contributed by atoms with Crippen molar-refractivity contribution in [1.82, 2.24) is 19.5 Å². The second kappa shape index (κ2) is 5.74. The quantitative estimate of drug-likeness (QED) is 0.728. The summed E-state index contributed by atoms with van der Waals surface area (Å²) in [6.07, 6.45) is 3.72. The first-order valence-electron chi connectivity index (χ1n) is 8.33. The lowest BCUT2D eigenvalue weighted by Gasteiger charge is -2.25. The summed E-state index contributed by atoms with van der Waals surface area (Å²) in [7, 11) is 0. The zero-order chi connectivity index (χ0) is 16.7. The minimum Gasteiger partial charge on any atom is -0.332 e. The summed E-state index contributed by atoms with van der Waals surface area (Å²) in [5, 5.41) is 4.44. The van der Waals surface area contributed by atoms with Crippen molar-refractivity contribution in [3.8, 4) is 0 Å². The standard InChI is InChI=1S/C19H20N4O/c1-13-11-18-20-12-16(14(2)23(18)21-13)19(24)22-10-6-9-17(22)15-7-4-3-5-8-15/h3-5,7-8,11-12,17H,6,9-10H2,1-2H3. The van der Waals surface area contributed by atoms with Crippen LogP contribution in [0.3, 0.4) is 0 Å². The lowest BCUT2D eigenvalue weighted by Crippen LogP contribution is -2.31. The number of aromatic nitrogens is 3. The average Bonchev–Trinajstić information content (AvgIpc) is 3.22. The van der Waals surface area contributed by atoms with Crippen LogP contribution in [0.2, 0.25) is 0 Å². The molecule has 0 aliphatic carbocycles. The molecule has 1 unspecified atom stereocenters. The number of amides is 1. The van der Waals surface area contributed by atoms with E-state index in [0.29, 0.717) is 5.56 Å². The normalized spacial score (nSPS) is 17.6. The van der Waals surface area contributed by atoms with E-state index in [9.17, 15) is 4.79 Å². The van der Waals surface area contributed by atoms with E-state index in [-0.39, 0.29) is 11.9 Å². The maximum Gasteiger partial charge on any atom is 0.257 e. The molecule has 3 aromatic rings. The molecule has 1 aliphatic heterocycles. The molecule has 1 aliphatic rings. The van der Waals surface area contributed by atoms with E-state index in [1.807, 2.05) is 43.0 Å². The number of aryl methyl sites for hydroxylation is 2. The largest absolute Gasteiger partial charge is 0.332 e. The molecule has 1 atom stereocenters. The van der Waals surface area contributed by atoms with E-state index < -0.39 is 0 Å². The van der Waals surface area contributed by atoms with Crippen LogP contribution in [0.5, 0.6) is 0 Å². The van der Waals surface area contributed by atoms with Gasteiger partial charge in [-0.15, -0.1) is 0 Å². The summed E-state index contributed by atoms with van der Waals surface area (Å²) in [5.74, 6) is 0.0430. The summed E-state index contributed by atoms with van der Waals surface area (Å²) in [6.45, 7) is 4.65. The van der Waals surface area contributed by atoms with Gasteiger partial charge in [-0.05, 0) is 32.3 Å². The molecular weight excluding hydrogens is 300 g/mol. The summed E-state index contributed by atoms with van der Waals surface area (Å²) in [4.78, 5) is 19.5. The molecule has 3 heterocycles. The predicted molar refractivity (Wildman–Crippen MR) is 91.9 cm³/mol. The highest BCUT2D eigenvalue weighted by molar-refractivity contribution is 5.95. The molecule has 0 bridgehead atoms. The second-order valence-electron chi connectivity index (χ2n) is 6.38. The van der Waals surface area contributed by atoms with Crippen LogP contribution >= 0.6 is 0 Å². The van der Waals surface area contributed by atoms with Crippen molar-refractivity contribution in [1.29, 1.82) is 0 Å². The SMILES string of the molecule is Cc1cc2ncc(C(=O)N3CCCC3c3ccccc3)c(C)n2n1. The Morgan fingerprint density at radius 2 is 2.00 bits per heavy atom. The van der Waals surface area contributed by atoms with Crippen LogP contribution in [0, 0.1) is 13.8 Å².